The molecule has 1 N–H and O–H groups in total. The van der Waals surface area contributed by atoms with Crippen LogP contribution in [-0.4, -0.2) is 11.1 Å². The predicted octanol–water partition coefficient (Wildman–Crippen LogP) is 3.13. The van der Waals surface area contributed by atoms with Crippen molar-refractivity contribution in [2.75, 3.05) is 0 Å². The molecule has 0 heterocycles. The summed E-state index contributed by atoms with van der Waals surface area (Å²) in [6.45, 7) is 3.31. The number of ether oxygens (including phenoxy) is 1. The molecule has 2 aromatic carbocycles. The number of carbonyl (C=O) groups excluding carboxylic acids is 1. The zero-order valence-electron chi connectivity index (χ0n) is 11.0. The van der Waals surface area contributed by atoms with Gasteiger partial charge in [0.25, 0.3) is 0 Å². The van der Waals surface area contributed by atoms with E-state index in [-0.39, 0.29) is 0 Å². The fraction of sp³-hybridized carbons (Fsp3) is 0.188. The van der Waals surface area contributed by atoms with E-state index < -0.39 is 11.6 Å². The van der Waals surface area contributed by atoms with Crippen LogP contribution < -0.4 is 4.74 Å². The van der Waals surface area contributed by atoms with Crippen LogP contribution in [0.3, 0.4) is 0 Å². The zero-order chi connectivity index (χ0) is 13.9. The lowest BCUT2D eigenvalue weighted by atomic mass is 9.97. The van der Waals surface area contributed by atoms with E-state index in [4.69, 9.17) is 4.74 Å². The Kier molecular flexibility index (Phi) is 3.67. The van der Waals surface area contributed by atoms with Gasteiger partial charge in [0.15, 0.2) is 0 Å². The molecule has 0 saturated heterocycles. The molecule has 98 valence electrons. The van der Waals surface area contributed by atoms with Crippen LogP contribution in [0.5, 0.6) is 5.75 Å². The molecule has 2 rings (SSSR count). The molecule has 0 aliphatic heterocycles. The van der Waals surface area contributed by atoms with Gasteiger partial charge in [-0.3, -0.25) is 0 Å². The van der Waals surface area contributed by atoms with Gasteiger partial charge in [0.05, 0.1) is 11.2 Å². The van der Waals surface area contributed by atoms with Crippen LogP contribution in [0.25, 0.3) is 0 Å². The highest BCUT2D eigenvalue weighted by atomic mass is 16.5. The molecule has 2 aromatic rings. The molecule has 0 atom stereocenters. The van der Waals surface area contributed by atoms with E-state index in [0.717, 1.165) is 0 Å². The average Bonchev–Trinajstić information content (AvgIpc) is 2.39. The van der Waals surface area contributed by atoms with Crippen molar-refractivity contribution in [1.82, 2.24) is 0 Å². The van der Waals surface area contributed by atoms with Crippen molar-refractivity contribution in [2.24, 2.45) is 0 Å². The Bertz CT molecular complexity index is 568. The highest BCUT2D eigenvalue weighted by Gasteiger charge is 2.22. The fourth-order valence-electron chi connectivity index (χ4n) is 1.79. The Morgan fingerprint density at radius 1 is 1.00 bits per heavy atom. The summed E-state index contributed by atoms with van der Waals surface area (Å²) in [5.74, 6) is -0.0545. The normalized spacial score (nSPS) is 11.1. The number of benzene rings is 2. The number of aliphatic hydroxyl groups is 1. The molecule has 0 aliphatic rings. The molecule has 0 aromatic heterocycles. The van der Waals surface area contributed by atoms with Crippen LogP contribution in [0.4, 0.5) is 0 Å². The summed E-state index contributed by atoms with van der Waals surface area (Å²) in [6.07, 6.45) is 0. The fourth-order valence-corrected chi connectivity index (χ4v) is 1.79. The van der Waals surface area contributed by atoms with Gasteiger partial charge in [-0.15, -0.1) is 0 Å². The Balaban J connectivity index is 2.28. The number of hydrogen-bond acceptors (Lipinski definition) is 3. The molecule has 0 amide bonds. The number of esters is 1. The summed E-state index contributed by atoms with van der Waals surface area (Å²) in [7, 11) is 0. The molecule has 0 unspecified atom stereocenters. The molecule has 0 fully saturated rings. The van der Waals surface area contributed by atoms with Crippen molar-refractivity contribution >= 4 is 5.97 Å². The maximum absolute atomic E-state index is 12.0. The standard InChI is InChI=1S/C16H16O3/c1-16(2,18)13-10-6-7-11-14(13)19-15(17)12-8-4-3-5-9-12/h3-11,18H,1-2H3. The zero-order valence-corrected chi connectivity index (χ0v) is 11.0. The molecule has 3 nitrogen and oxygen atoms in total. The summed E-state index contributed by atoms with van der Waals surface area (Å²) >= 11 is 0. The summed E-state index contributed by atoms with van der Waals surface area (Å²) in [5.41, 5.74) is 0.000399. The third-order valence-corrected chi connectivity index (χ3v) is 2.76. The lowest BCUT2D eigenvalue weighted by Crippen LogP contribution is -2.19. The number of rotatable bonds is 3. The second-order valence-corrected chi connectivity index (χ2v) is 4.81. The second kappa shape index (κ2) is 5.24. The minimum absolute atomic E-state index is 0.379. The van der Waals surface area contributed by atoms with E-state index in [1.54, 1.807) is 62.4 Å². The minimum Gasteiger partial charge on any atom is -0.423 e. The van der Waals surface area contributed by atoms with Crippen LogP contribution in [0.2, 0.25) is 0 Å². The number of carbonyl (C=O) groups is 1. The first-order valence-corrected chi connectivity index (χ1v) is 6.07. The Labute approximate surface area is 112 Å². The monoisotopic (exact) mass is 256 g/mol. The van der Waals surface area contributed by atoms with Gasteiger partial charge in [0.1, 0.15) is 5.75 Å². The number of hydrogen-bond donors (Lipinski definition) is 1. The first-order chi connectivity index (χ1) is 8.98. The quantitative estimate of drug-likeness (QED) is 0.678. The van der Waals surface area contributed by atoms with Gasteiger partial charge in [-0.2, -0.15) is 0 Å². The van der Waals surface area contributed by atoms with Crippen molar-refractivity contribution in [3.05, 3.63) is 65.7 Å². The van der Waals surface area contributed by atoms with E-state index in [0.29, 0.717) is 16.9 Å². The lowest BCUT2D eigenvalue weighted by Gasteiger charge is -2.20. The summed E-state index contributed by atoms with van der Waals surface area (Å²) in [4.78, 5) is 12.0. The van der Waals surface area contributed by atoms with Crippen molar-refractivity contribution in [1.29, 1.82) is 0 Å². The van der Waals surface area contributed by atoms with Crippen molar-refractivity contribution in [3.8, 4) is 5.75 Å². The minimum atomic E-state index is -1.06. The smallest absolute Gasteiger partial charge is 0.343 e. The summed E-state index contributed by atoms with van der Waals surface area (Å²) < 4.78 is 5.36. The van der Waals surface area contributed by atoms with Gasteiger partial charge in [-0.1, -0.05) is 36.4 Å². The predicted molar refractivity (Wildman–Crippen MR) is 73.1 cm³/mol. The molecule has 0 saturated carbocycles. The van der Waals surface area contributed by atoms with Gasteiger partial charge in [0.2, 0.25) is 0 Å². The van der Waals surface area contributed by atoms with E-state index in [1.807, 2.05) is 6.07 Å². The molecular formula is C16H16O3. The molecule has 0 spiro atoms. The van der Waals surface area contributed by atoms with E-state index in [1.165, 1.54) is 0 Å². The Morgan fingerprint density at radius 3 is 2.21 bits per heavy atom. The van der Waals surface area contributed by atoms with E-state index >= 15 is 0 Å². The summed E-state index contributed by atoms with van der Waals surface area (Å²) in [5, 5.41) is 10.1. The highest BCUT2D eigenvalue weighted by molar-refractivity contribution is 5.91. The van der Waals surface area contributed by atoms with Gasteiger partial charge in [-0.25, -0.2) is 4.79 Å². The molecule has 0 aliphatic carbocycles. The van der Waals surface area contributed by atoms with Crippen LogP contribution in [0, 0.1) is 0 Å². The first-order valence-electron chi connectivity index (χ1n) is 6.07. The van der Waals surface area contributed by atoms with Crippen LogP contribution >= 0.6 is 0 Å². The molecule has 0 radical (unpaired) electrons. The maximum atomic E-state index is 12.0. The topological polar surface area (TPSA) is 46.5 Å². The van der Waals surface area contributed by atoms with E-state index in [2.05, 4.69) is 0 Å². The Hall–Kier alpha value is -2.13. The van der Waals surface area contributed by atoms with Gasteiger partial charge in [0, 0.05) is 5.56 Å². The molecule has 19 heavy (non-hydrogen) atoms. The molecular weight excluding hydrogens is 240 g/mol. The van der Waals surface area contributed by atoms with Crippen molar-refractivity contribution < 1.29 is 14.6 Å². The largest absolute Gasteiger partial charge is 0.423 e. The third kappa shape index (κ3) is 3.20. The Morgan fingerprint density at radius 2 is 1.58 bits per heavy atom. The van der Waals surface area contributed by atoms with E-state index in [9.17, 15) is 9.90 Å². The van der Waals surface area contributed by atoms with Gasteiger partial charge < -0.3 is 9.84 Å². The van der Waals surface area contributed by atoms with Crippen molar-refractivity contribution in [2.45, 2.75) is 19.4 Å². The maximum Gasteiger partial charge on any atom is 0.343 e. The van der Waals surface area contributed by atoms with Crippen LogP contribution in [-0.2, 0) is 5.60 Å². The van der Waals surface area contributed by atoms with Gasteiger partial charge >= 0.3 is 5.97 Å². The highest BCUT2D eigenvalue weighted by Crippen LogP contribution is 2.29. The third-order valence-electron chi connectivity index (χ3n) is 2.76. The van der Waals surface area contributed by atoms with Crippen molar-refractivity contribution in [3.63, 3.8) is 0 Å². The lowest BCUT2D eigenvalue weighted by molar-refractivity contribution is 0.0657. The molecule has 0 bridgehead atoms. The van der Waals surface area contributed by atoms with Crippen LogP contribution in [0.1, 0.15) is 29.8 Å². The van der Waals surface area contributed by atoms with Gasteiger partial charge in [-0.05, 0) is 32.0 Å². The second-order valence-electron chi connectivity index (χ2n) is 4.81. The average molecular weight is 256 g/mol. The SMILES string of the molecule is CC(C)(O)c1ccccc1OC(=O)c1ccccc1. The molecule has 3 heteroatoms. The number of para-hydroxylation sites is 1. The first kappa shape index (κ1) is 13.3. The summed E-state index contributed by atoms with van der Waals surface area (Å²) in [6, 6.07) is 15.8. The van der Waals surface area contributed by atoms with Crippen LogP contribution in [0.15, 0.2) is 54.6 Å².